The van der Waals surface area contributed by atoms with Crippen molar-refractivity contribution in [1.29, 1.82) is 0 Å². The molecule has 2 fully saturated rings. The maximum absolute atomic E-state index is 12.4. The molecule has 2 aliphatic heterocycles. The molecule has 3 heterocycles. The van der Waals surface area contributed by atoms with E-state index in [1.54, 1.807) is 11.8 Å². The van der Waals surface area contributed by atoms with Gasteiger partial charge in [0.1, 0.15) is 6.10 Å². The summed E-state index contributed by atoms with van der Waals surface area (Å²) in [6.07, 6.45) is -0.530. The van der Waals surface area contributed by atoms with Crippen LogP contribution in [0, 0.1) is 6.92 Å². The Morgan fingerprint density at radius 3 is 2.52 bits per heavy atom. The number of ether oxygens (including phenoxy) is 2. The average molecular weight is 429 g/mol. The van der Waals surface area contributed by atoms with Crippen molar-refractivity contribution in [3.63, 3.8) is 0 Å². The van der Waals surface area contributed by atoms with Crippen molar-refractivity contribution in [1.82, 2.24) is 19.9 Å². The molecular weight excluding hydrogens is 402 g/mol. The van der Waals surface area contributed by atoms with Gasteiger partial charge in [-0.3, -0.25) is 19.5 Å². The molecule has 10 heteroatoms. The fourth-order valence-corrected chi connectivity index (χ4v) is 3.84. The molecule has 2 saturated heterocycles. The maximum atomic E-state index is 12.4. The maximum Gasteiger partial charge on any atom is 0.414 e. The first-order valence-electron chi connectivity index (χ1n) is 10.5. The molecule has 1 amide bonds. The summed E-state index contributed by atoms with van der Waals surface area (Å²) in [5.74, 6) is 0.844. The molecule has 0 unspecified atom stereocenters. The summed E-state index contributed by atoms with van der Waals surface area (Å²) in [6, 6.07) is 7.45. The number of piperazine rings is 1. The minimum absolute atomic E-state index is 0.184. The fourth-order valence-electron chi connectivity index (χ4n) is 3.84. The van der Waals surface area contributed by atoms with Gasteiger partial charge in [0.05, 0.1) is 19.7 Å². The van der Waals surface area contributed by atoms with Gasteiger partial charge >= 0.3 is 12.1 Å². The number of amides is 1. The third kappa shape index (κ3) is 5.20. The van der Waals surface area contributed by atoms with Gasteiger partial charge in [-0.2, -0.15) is 4.98 Å². The van der Waals surface area contributed by atoms with E-state index in [0.29, 0.717) is 38.0 Å². The number of hydrogen-bond donors (Lipinski definition) is 0. The molecule has 1 aromatic heterocycles. The number of hydrogen-bond acceptors (Lipinski definition) is 9. The zero-order valence-corrected chi connectivity index (χ0v) is 17.8. The van der Waals surface area contributed by atoms with E-state index in [1.807, 2.05) is 31.2 Å². The summed E-state index contributed by atoms with van der Waals surface area (Å²) in [7, 11) is 0. The number of carbonyl (C=O) groups excluding carboxylic acids is 2. The van der Waals surface area contributed by atoms with E-state index in [2.05, 4.69) is 19.9 Å². The smallest absolute Gasteiger partial charge is 0.414 e. The lowest BCUT2D eigenvalue weighted by Gasteiger charge is -2.34. The second-order valence-electron chi connectivity index (χ2n) is 7.68. The van der Waals surface area contributed by atoms with Crippen LogP contribution in [0.5, 0.6) is 0 Å². The summed E-state index contributed by atoms with van der Waals surface area (Å²) in [6.45, 7) is 8.70. The summed E-state index contributed by atoms with van der Waals surface area (Å²) in [5.41, 5.74) is 1.60. The van der Waals surface area contributed by atoms with E-state index >= 15 is 0 Å². The average Bonchev–Trinajstić information content (AvgIpc) is 3.35. The van der Waals surface area contributed by atoms with Crippen LogP contribution in [-0.4, -0.2) is 90.5 Å². The molecule has 0 bridgehead atoms. The van der Waals surface area contributed by atoms with Crippen molar-refractivity contribution in [2.45, 2.75) is 20.0 Å². The monoisotopic (exact) mass is 429 g/mol. The van der Waals surface area contributed by atoms with Crippen LogP contribution >= 0.6 is 0 Å². The molecule has 1 atom stereocenters. The van der Waals surface area contributed by atoms with Crippen LogP contribution in [0.15, 0.2) is 28.8 Å². The minimum atomic E-state index is -0.339. The molecule has 10 nitrogen and oxygen atoms in total. The van der Waals surface area contributed by atoms with Gasteiger partial charge in [0.25, 0.3) is 0 Å². The third-order valence-corrected chi connectivity index (χ3v) is 5.42. The van der Waals surface area contributed by atoms with Crippen molar-refractivity contribution < 1.29 is 23.6 Å². The molecule has 0 aliphatic carbocycles. The van der Waals surface area contributed by atoms with Gasteiger partial charge in [-0.15, -0.1) is 0 Å². The number of benzene rings is 1. The first-order valence-corrected chi connectivity index (χ1v) is 10.5. The van der Waals surface area contributed by atoms with Crippen molar-refractivity contribution >= 4 is 17.7 Å². The number of carbonyl (C=O) groups is 2. The Bertz CT molecular complexity index is 907. The van der Waals surface area contributed by atoms with Crippen LogP contribution < -0.4 is 4.90 Å². The number of nitrogens with zero attached hydrogens (tertiary/aromatic N) is 5. The lowest BCUT2D eigenvalue weighted by atomic mass is 10.2. The molecule has 31 heavy (non-hydrogen) atoms. The van der Waals surface area contributed by atoms with Crippen LogP contribution in [-0.2, 0) is 14.3 Å². The summed E-state index contributed by atoms with van der Waals surface area (Å²) in [4.78, 5) is 34.3. The molecule has 166 valence electrons. The molecule has 2 aliphatic rings. The van der Waals surface area contributed by atoms with Gasteiger partial charge < -0.3 is 14.0 Å². The second kappa shape index (κ2) is 9.44. The predicted octanol–water partition coefficient (Wildman–Crippen LogP) is 1.55. The van der Waals surface area contributed by atoms with E-state index in [1.165, 1.54) is 0 Å². The van der Waals surface area contributed by atoms with Gasteiger partial charge in [0, 0.05) is 50.9 Å². The van der Waals surface area contributed by atoms with Gasteiger partial charge in [-0.1, -0.05) is 5.16 Å². The standard InChI is InChI=1S/C21H27N5O5/c1-3-29-19(27)14-25-10-8-24(9-11-25)12-18-13-26(21(28)30-18)17-6-4-16(5-7-17)20-22-15(2)31-23-20/h4-7,18H,3,8-14H2,1-2H3/t18-/m0/s1. The molecular formula is C21H27N5O5. The van der Waals surface area contributed by atoms with E-state index in [0.717, 1.165) is 37.4 Å². The molecule has 0 radical (unpaired) electrons. The SMILES string of the molecule is CCOC(=O)CN1CCN(C[C@H]2CN(c3ccc(-c4noc(C)n4)cc3)C(=O)O2)CC1. The molecule has 1 aromatic carbocycles. The highest BCUT2D eigenvalue weighted by molar-refractivity contribution is 5.90. The van der Waals surface area contributed by atoms with Gasteiger partial charge in [0.15, 0.2) is 0 Å². The Kier molecular flexibility index (Phi) is 6.47. The Labute approximate surface area is 180 Å². The molecule has 0 saturated carbocycles. The van der Waals surface area contributed by atoms with Crippen molar-refractivity contribution in [3.8, 4) is 11.4 Å². The number of esters is 1. The van der Waals surface area contributed by atoms with Gasteiger partial charge in [-0.25, -0.2) is 4.79 Å². The van der Waals surface area contributed by atoms with E-state index in [4.69, 9.17) is 14.0 Å². The summed E-state index contributed by atoms with van der Waals surface area (Å²) in [5, 5.41) is 3.91. The molecule has 2 aromatic rings. The molecule has 0 spiro atoms. The quantitative estimate of drug-likeness (QED) is 0.607. The van der Waals surface area contributed by atoms with Crippen LogP contribution in [0.1, 0.15) is 12.8 Å². The number of aromatic nitrogens is 2. The Balaban J connectivity index is 1.27. The predicted molar refractivity (Wildman–Crippen MR) is 112 cm³/mol. The lowest BCUT2D eigenvalue weighted by Crippen LogP contribution is -2.50. The highest BCUT2D eigenvalue weighted by atomic mass is 16.6. The summed E-state index contributed by atoms with van der Waals surface area (Å²) >= 11 is 0. The highest BCUT2D eigenvalue weighted by Gasteiger charge is 2.34. The van der Waals surface area contributed by atoms with Crippen LogP contribution in [0.25, 0.3) is 11.4 Å². The second-order valence-corrected chi connectivity index (χ2v) is 7.68. The number of anilines is 1. The van der Waals surface area contributed by atoms with Gasteiger partial charge in [-0.05, 0) is 31.2 Å². The lowest BCUT2D eigenvalue weighted by molar-refractivity contribution is -0.144. The largest absolute Gasteiger partial charge is 0.465 e. The number of rotatable bonds is 7. The highest BCUT2D eigenvalue weighted by Crippen LogP contribution is 2.25. The number of aryl methyl sites for hydroxylation is 1. The Morgan fingerprint density at radius 2 is 1.87 bits per heavy atom. The fraction of sp³-hybridized carbons (Fsp3) is 0.524. The molecule has 0 N–H and O–H groups in total. The van der Waals surface area contributed by atoms with Gasteiger partial charge in [0.2, 0.25) is 11.7 Å². The first-order chi connectivity index (χ1) is 15.0. The zero-order valence-electron chi connectivity index (χ0n) is 17.8. The normalized spacial score (nSPS) is 20.1. The molecule has 4 rings (SSSR count). The van der Waals surface area contributed by atoms with E-state index < -0.39 is 0 Å². The Morgan fingerprint density at radius 1 is 1.16 bits per heavy atom. The van der Waals surface area contributed by atoms with E-state index in [-0.39, 0.29) is 18.2 Å². The van der Waals surface area contributed by atoms with Crippen molar-refractivity contribution in [3.05, 3.63) is 30.2 Å². The topological polar surface area (TPSA) is 101 Å². The van der Waals surface area contributed by atoms with Crippen molar-refractivity contribution in [2.24, 2.45) is 0 Å². The third-order valence-electron chi connectivity index (χ3n) is 5.42. The van der Waals surface area contributed by atoms with Crippen LogP contribution in [0.2, 0.25) is 0 Å². The zero-order chi connectivity index (χ0) is 21.8. The Hall–Kier alpha value is -2.98. The minimum Gasteiger partial charge on any atom is -0.465 e. The van der Waals surface area contributed by atoms with E-state index in [9.17, 15) is 9.59 Å². The van der Waals surface area contributed by atoms with Crippen molar-refractivity contribution in [2.75, 3.05) is 57.3 Å². The number of cyclic esters (lactones) is 1. The summed E-state index contributed by atoms with van der Waals surface area (Å²) < 4.78 is 15.6. The van der Waals surface area contributed by atoms with Crippen LogP contribution in [0.3, 0.4) is 0 Å². The van der Waals surface area contributed by atoms with Crippen LogP contribution in [0.4, 0.5) is 10.5 Å². The first kappa shape index (κ1) is 21.3.